The van der Waals surface area contributed by atoms with Crippen molar-refractivity contribution in [2.75, 3.05) is 25.1 Å². The zero-order valence-electron chi connectivity index (χ0n) is 12.4. The zero-order valence-corrected chi connectivity index (χ0v) is 13.2. The molecule has 0 fully saturated rings. The second-order valence-corrected chi connectivity index (χ2v) is 6.87. The Morgan fingerprint density at radius 3 is 2.25 bits per heavy atom. The van der Waals surface area contributed by atoms with E-state index in [0.717, 1.165) is 12.8 Å². The summed E-state index contributed by atoms with van der Waals surface area (Å²) in [7, 11) is -1.64. The Hall–Kier alpha value is -1.27. The summed E-state index contributed by atoms with van der Waals surface area (Å²) in [5.41, 5.74) is 6.22. The van der Waals surface area contributed by atoms with E-state index in [1.165, 1.54) is 4.31 Å². The van der Waals surface area contributed by atoms with Crippen molar-refractivity contribution >= 4 is 15.7 Å². The molecule has 0 aromatic heterocycles. The summed E-state index contributed by atoms with van der Waals surface area (Å²) in [6.45, 7) is 4.12. The van der Waals surface area contributed by atoms with Crippen LogP contribution in [0, 0.1) is 0 Å². The predicted molar refractivity (Wildman–Crippen MR) is 82.3 cm³/mol. The molecule has 6 heteroatoms. The van der Waals surface area contributed by atoms with Crippen molar-refractivity contribution in [1.29, 1.82) is 0 Å². The summed E-state index contributed by atoms with van der Waals surface area (Å²) in [5, 5.41) is 0. The minimum absolute atomic E-state index is 0.0234. The van der Waals surface area contributed by atoms with Crippen LogP contribution in [0.2, 0.25) is 0 Å². The van der Waals surface area contributed by atoms with Gasteiger partial charge in [0.1, 0.15) is 12.4 Å². The molecule has 0 unspecified atom stereocenters. The highest BCUT2D eigenvalue weighted by atomic mass is 32.2. The fourth-order valence-corrected chi connectivity index (χ4v) is 3.34. The van der Waals surface area contributed by atoms with Crippen molar-refractivity contribution in [2.24, 2.45) is 0 Å². The first-order valence-electron chi connectivity index (χ1n) is 6.84. The van der Waals surface area contributed by atoms with Crippen LogP contribution in [0.25, 0.3) is 0 Å². The zero-order chi connectivity index (χ0) is 15.2. The molecule has 114 valence electrons. The number of hydrogen-bond acceptors (Lipinski definition) is 4. The van der Waals surface area contributed by atoms with E-state index in [-0.39, 0.29) is 18.4 Å². The molecule has 0 aliphatic heterocycles. The molecular formula is C14H24N2O3S. The van der Waals surface area contributed by atoms with Gasteiger partial charge < -0.3 is 10.5 Å². The van der Waals surface area contributed by atoms with E-state index in [1.807, 2.05) is 13.8 Å². The van der Waals surface area contributed by atoms with Crippen LogP contribution in [-0.2, 0) is 10.0 Å². The molecule has 0 saturated heterocycles. The third kappa shape index (κ3) is 4.68. The van der Waals surface area contributed by atoms with Gasteiger partial charge in [0, 0.05) is 18.8 Å². The third-order valence-corrected chi connectivity index (χ3v) is 5.24. The Bertz CT molecular complexity index is 496. The Kier molecular flexibility index (Phi) is 6.29. The molecule has 1 rings (SSSR count). The van der Waals surface area contributed by atoms with Crippen molar-refractivity contribution < 1.29 is 13.2 Å². The minimum Gasteiger partial charge on any atom is -0.492 e. The Labute approximate surface area is 121 Å². The molecule has 1 aromatic carbocycles. The van der Waals surface area contributed by atoms with Crippen molar-refractivity contribution in [3.63, 3.8) is 0 Å². The average molecular weight is 300 g/mol. The maximum absolute atomic E-state index is 12.2. The molecule has 0 atom stereocenters. The monoisotopic (exact) mass is 300 g/mol. The maximum atomic E-state index is 12.2. The first-order valence-corrected chi connectivity index (χ1v) is 8.45. The summed E-state index contributed by atoms with van der Waals surface area (Å²) in [6, 6.07) is 6.95. The summed E-state index contributed by atoms with van der Waals surface area (Å²) >= 11 is 0. The lowest BCUT2D eigenvalue weighted by Crippen LogP contribution is -2.38. The fraction of sp³-hybridized carbons (Fsp3) is 0.571. The van der Waals surface area contributed by atoms with Gasteiger partial charge in [0.15, 0.2) is 0 Å². The lowest BCUT2D eigenvalue weighted by atomic mass is 10.2. The molecule has 0 amide bonds. The van der Waals surface area contributed by atoms with Gasteiger partial charge >= 0.3 is 0 Å². The molecule has 2 N–H and O–H groups in total. The van der Waals surface area contributed by atoms with Gasteiger partial charge in [-0.05, 0) is 37.1 Å². The SMILES string of the molecule is CCC(CC)N(C)S(=O)(=O)CCOc1ccc(N)cc1. The van der Waals surface area contributed by atoms with Gasteiger partial charge in [-0.15, -0.1) is 0 Å². The smallest absolute Gasteiger partial charge is 0.217 e. The second kappa shape index (κ2) is 7.50. The fourth-order valence-electron chi connectivity index (χ4n) is 2.00. The van der Waals surface area contributed by atoms with Gasteiger partial charge in [0.2, 0.25) is 10.0 Å². The van der Waals surface area contributed by atoms with Crippen LogP contribution in [-0.4, -0.2) is 38.2 Å². The summed E-state index contributed by atoms with van der Waals surface area (Å²) in [6.07, 6.45) is 1.62. The number of nitrogens with zero attached hydrogens (tertiary/aromatic N) is 1. The van der Waals surface area contributed by atoms with E-state index in [9.17, 15) is 8.42 Å². The van der Waals surface area contributed by atoms with Crippen LogP contribution in [0.1, 0.15) is 26.7 Å². The highest BCUT2D eigenvalue weighted by Gasteiger charge is 2.23. The Morgan fingerprint density at radius 2 is 1.75 bits per heavy atom. The molecule has 0 radical (unpaired) electrons. The number of benzene rings is 1. The number of nitrogen functional groups attached to an aromatic ring is 1. The quantitative estimate of drug-likeness (QED) is 0.746. The summed E-state index contributed by atoms with van der Waals surface area (Å²) in [5.74, 6) is 0.601. The molecule has 0 aliphatic carbocycles. The van der Waals surface area contributed by atoms with E-state index < -0.39 is 10.0 Å². The summed E-state index contributed by atoms with van der Waals surface area (Å²) < 4.78 is 31.2. The predicted octanol–water partition coefficient (Wildman–Crippen LogP) is 2.10. The summed E-state index contributed by atoms with van der Waals surface area (Å²) in [4.78, 5) is 0. The van der Waals surface area contributed by atoms with Crippen molar-refractivity contribution in [3.05, 3.63) is 24.3 Å². The van der Waals surface area contributed by atoms with Crippen LogP contribution < -0.4 is 10.5 Å². The molecule has 5 nitrogen and oxygen atoms in total. The highest BCUT2D eigenvalue weighted by molar-refractivity contribution is 7.89. The van der Waals surface area contributed by atoms with Crippen LogP contribution in [0.4, 0.5) is 5.69 Å². The normalized spacial score (nSPS) is 12.1. The average Bonchev–Trinajstić information content (AvgIpc) is 2.42. The van der Waals surface area contributed by atoms with Gasteiger partial charge in [-0.25, -0.2) is 12.7 Å². The van der Waals surface area contributed by atoms with Crippen LogP contribution in [0.15, 0.2) is 24.3 Å². The van der Waals surface area contributed by atoms with E-state index in [0.29, 0.717) is 11.4 Å². The number of rotatable bonds is 8. The number of sulfonamides is 1. The van der Waals surface area contributed by atoms with E-state index in [1.54, 1.807) is 31.3 Å². The number of anilines is 1. The lowest BCUT2D eigenvalue weighted by molar-refractivity contribution is 0.322. The first kappa shape index (κ1) is 16.8. The Morgan fingerprint density at radius 1 is 1.20 bits per heavy atom. The van der Waals surface area contributed by atoms with Gasteiger partial charge in [0.25, 0.3) is 0 Å². The van der Waals surface area contributed by atoms with Gasteiger partial charge in [-0.2, -0.15) is 0 Å². The lowest BCUT2D eigenvalue weighted by Gasteiger charge is -2.25. The topological polar surface area (TPSA) is 72.6 Å². The molecular weight excluding hydrogens is 276 g/mol. The molecule has 0 aliphatic rings. The van der Waals surface area contributed by atoms with Crippen LogP contribution >= 0.6 is 0 Å². The van der Waals surface area contributed by atoms with E-state index in [2.05, 4.69) is 0 Å². The molecule has 1 aromatic rings. The first-order chi connectivity index (χ1) is 9.40. The number of hydrogen-bond donors (Lipinski definition) is 1. The van der Waals surface area contributed by atoms with Crippen LogP contribution in [0.3, 0.4) is 0 Å². The third-order valence-electron chi connectivity index (χ3n) is 3.39. The van der Waals surface area contributed by atoms with Gasteiger partial charge in [-0.1, -0.05) is 13.8 Å². The van der Waals surface area contributed by atoms with E-state index in [4.69, 9.17) is 10.5 Å². The number of nitrogens with two attached hydrogens (primary N) is 1. The largest absolute Gasteiger partial charge is 0.492 e. The van der Waals surface area contributed by atoms with Crippen LogP contribution in [0.5, 0.6) is 5.75 Å². The van der Waals surface area contributed by atoms with Gasteiger partial charge in [-0.3, -0.25) is 0 Å². The van der Waals surface area contributed by atoms with Gasteiger partial charge in [0.05, 0.1) is 5.75 Å². The molecule has 0 heterocycles. The minimum atomic E-state index is -3.28. The molecule has 0 saturated carbocycles. The van der Waals surface area contributed by atoms with Crippen molar-refractivity contribution in [3.8, 4) is 5.75 Å². The number of ether oxygens (including phenoxy) is 1. The van der Waals surface area contributed by atoms with Crippen molar-refractivity contribution in [2.45, 2.75) is 32.7 Å². The standard InChI is InChI=1S/C14H24N2O3S/c1-4-13(5-2)16(3)20(17,18)11-10-19-14-8-6-12(15)7-9-14/h6-9,13H,4-5,10-11,15H2,1-3H3. The molecule has 0 spiro atoms. The second-order valence-electron chi connectivity index (χ2n) is 4.72. The van der Waals surface area contributed by atoms with Crippen molar-refractivity contribution in [1.82, 2.24) is 4.31 Å². The van der Waals surface area contributed by atoms with E-state index >= 15 is 0 Å². The highest BCUT2D eigenvalue weighted by Crippen LogP contribution is 2.14. The molecule has 0 bridgehead atoms. The molecule has 20 heavy (non-hydrogen) atoms. The maximum Gasteiger partial charge on any atom is 0.217 e. The Balaban J connectivity index is 2.53.